The van der Waals surface area contributed by atoms with E-state index in [1.165, 1.54) is 19.1 Å². The minimum Gasteiger partial charge on any atom is -0.352 e. The van der Waals surface area contributed by atoms with E-state index in [0.717, 1.165) is 6.42 Å². The molecule has 4 rings (SSSR count). The minimum atomic E-state index is -4.76. The van der Waals surface area contributed by atoms with Crippen LogP contribution in [0, 0.1) is 0 Å². The van der Waals surface area contributed by atoms with Crippen LogP contribution in [-0.4, -0.2) is 28.2 Å². The number of hydrogen-bond acceptors (Lipinski definition) is 6. The molecule has 1 amide bonds. The van der Waals surface area contributed by atoms with E-state index < -0.39 is 17.6 Å². The number of nitrogens with zero attached hydrogens (tertiary/aromatic N) is 2. The van der Waals surface area contributed by atoms with Crippen LogP contribution in [0.25, 0.3) is 11.1 Å². The molecule has 206 valence electrons. The van der Waals surface area contributed by atoms with Gasteiger partial charge >= 0.3 is 6.18 Å². The molecule has 0 saturated heterocycles. The van der Waals surface area contributed by atoms with E-state index in [1.54, 1.807) is 54.6 Å². The van der Waals surface area contributed by atoms with Crippen molar-refractivity contribution < 1.29 is 22.8 Å². The zero-order valence-electron chi connectivity index (χ0n) is 21.6. The number of amides is 1. The van der Waals surface area contributed by atoms with Gasteiger partial charge in [0.1, 0.15) is 11.4 Å². The highest BCUT2D eigenvalue weighted by molar-refractivity contribution is 6.33. The lowest BCUT2D eigenvalue weighted by atomic mass is 10.00. The first-order chi connectivity index (χ1) is 19.1. The van der Waals surface area contributed by atoms with Crippen LogP contribution in [0.3, 0.4) is 0 Å². The molecule has 0 unspecified atom stereocenters. The number of benzene rings is 3. The SMILES string of the molecule is CCCNC(=O)c1ccc(Nc2ncc(C(F)(F)F)c(Nc3ccccc3C(C)=O)n2)c(-c2ccccc2Cl)c1. The lowest BCUT2D eigenvalue weighted by molar-refractivity contribution is -0.137. The lowest BCUT2D eigenvalue weighted by Crippen LogP contribution is -2.24. The standard InChI is InChI=1S/C29H25ClF3N5O2/c1-3-14-34-27(40)18-12-13-25(21(15-18)20-9-4-6-10-23(20)30)37-28-35-16-22(29(31,32)33)26(38-28)36-24-11-7-5-8-19(24)17(2)39/h4-13,15-16H,3,14H2,1-2H3,(H,34,40)(H2,35,36,37,38). The number of anilines is 4. The molecule has 0 aliphatic heterocycles. The number of ketones is 1. The maximum atomic E-state index is 13.8. The van der Waals surface area contributed by atoms with Gasteiger partial charge in [-0.3, -0.25) is 9.59 Å². The van der Waals surface area contributed by atoms with Crippen LogP contribution in [0.5, 0.6) is 0 Å². The maximum Gasteiger partial charge on any atom is 0.421 e. The Hall–Kier alpha value is -4.44. The number of carbonyl (C=O) groups excluding carboxylic acids is 2. The van der Waals surface area contributed by atoms with Crippen molar-refractivity contribution in [2.24, 2.45) is 0 Å². The predicted molar refractivity (Wildman–Crippen MR) is 150 cm³/mol. The third-order valence-electron chi connectivity index (χ3n) is 5.88. The van der Waals surface area contributed by atoms with Gasteiger partial charge in [0.25, 0.3) is 5.91 Å². The topological polar surface area (TPSA) is 96.0 Å². The number of hydrogen-bond donors (Lipinski definition) is 3. The molecular formula is C29H25ClF3N5O2. The Morgan fingerprint density at radius 2 is 1.65 bits per heavy atom. The van der Waals surface area contributed by atoms with Gasteiger partial charge in [0.05, 0.1) is 5.69 Å². The average molecular weight is 568 g/mol. The van der Waals surface area contributed by atoms with E-state index in [-0.39, 0.29) is 28.9 Å². The van der Waals surface area contributed by atoms with E-state index in [9.17, 15) is 22.8 Å². The van der Waals surface area contributed by atoms with Gasteiger partial charge < -0.3 is 16.0 Å². The van der Waals surface area contributed by atoms with Gasteiger partial charge in [0.2, 0.25) is 5.95 Å². The fourth-order valence-electron chi connectivity index (χ4n) is 3.93. The summed E-state index contributed by atoms with van der Waals surface area (Å²) in [5.74, 6) is -1.28. The Kier molecular flexibility index (Phi) is 8.69. The van der Waals surface area contributed by atoms with Gasteiger partial charge in [-0.1, -0.05) is 48.9 Å². The number of halogens is 4. The summed E-state index contributed by atoms with van der Waals surface area (Å²) >= 11 is 6.45. The van der Waals surface area contributed by atoms with Gasteiger partial charge in [-0.25, -0.2) is 4.98 Å². The van der Waals surface area contributed by atoms with Crippen molar-refractivity contribution in [3.63, 3.8) is 0 Å². The number of carbonyl (C=O) groups is 2. The van der Waals surface area contributed by atoms with Crippen LogP contribution >= 0.6 is 11.6 Å². The average Bonchev–Trinajstić information content (AvgIpc) is 2.92. The van der Waals surface area contributed by atoms with Crippen LogP contribution in [-0.2, 0) is 6.18 Å². The molecule has 0 atom stereocenters. The summed E-state index contributed by atoms with van der Waals surface area (Å²) < 4.78 is 41.5. The fraction of sp³-hybridized carbons (Fsp3) is 0.172. The lowest BCUT2D eigenvalue weighted by Gasteiger charge is -2.18. The molecule has 1 heterocycles. The van der Waals surface area contributed by atoms with Crippen LogP contribution in [0.4, 0.5) is 36.3 Å². The second-order valence-corrected chi connectivity index (χ2v) is 9.21. The maximum absolute atomic E-state index is 13.8. The third-order valence-corrected chi connectivity index (χ3v) is 6.21. The molecule has 11 heteroatoms. The molecular weight excluding hydrogens is 543 g/mol. The van der Waals surface area contributed by atoms with Gasteiger partial charge in [-0.2, -0.15) is 18.2 Å². The second-order valence-electron chi connectivity index (χ2n) is 8.80. The summed E-state index contributed by atoms with van der Waals surface area (Å²) in [6.07, 6.45) is -3.33. The summed E-state index contributed by atoms with van der Waals surface area (Å²) in [6, 6.07) is 18.0. The highest BCUT2D eigenvalue weighted by atomic mass is 35.5. The molecule has 1 aromatic heterocycles. The normalized spacial score (nSPS) is 11.2. The van der Waals surface area contributed by atoms with Crippen molar-refractivity contribution in [3.8, 4) is 11.1 Å². The number of nitrogens with one attached hydrogen (secondary N) is 3. The third kappa shape index (κ3) is 6.58. The summed E-state index contributed by atoms with van der Waals surface area (Å²) in [4.78, 5) is 32.7. The van der Waals surface area contributed by atoms with Gasteiger partial charge in [0, 0.05) is 45.7 Å². The van der Waals surface area contributed by atoms with Crippen molar-refractivity contribution in [2.45, 2.75) is 26.4 Å². The molecule has 0 radical (unpaired) electrons. The number of Topliss-reactive ketones (excluding diaryl/α,β-unsaturated/α-hetero) is 1. The summed E-state index contributed by atoms with van der Waals surface area (Å²) in [5, 5.41) is 8.84. The highest BCUT2D eigenvalue weighted by Crippen LogP contribution is 2.38. The Balaban J connectivity index is 1.78. The smallest absolute Gasteiger partial charge is 0.352 e. The van der Waals surface area contributed by atoms with E-state index in [4.69, 9.17) is 11.6 Å². The van der Waals surface area contributed by atoms with Crippen LogP contribution in [0.15, 0.2) is 72.9 Å². The zero-order chi connectivity index (χ0) is 28.9. The number of aromatic nitrogens is 2. The predicted octanol–water partition coefficient (Wildman–Crippen LogP) is 7.65. The van der Waals surface area contributed by atoms with Crippen molar-refractivity contribution in [1.82, 2.24) is 15.3 Å². The Morgan fingerprint density at radius 1 is 0.925 bits per heavy atom. The van der Waals surface area contributed by atoms with E-state index in [2.05, 4.69) is 25.9 Å². The Morgan fingerprint density at radius 3 is 2.35 bits per heavy atom. The first-order valence-electron chi connectivity index (χ1n) is 12.3. The largest absolute Gasteiger partial charge is 0.421 e. The van der Waals surface area contributed by atoms with E-state index >= 15 is 0 Å². The minimum absolute atomic E-state index is 0.146. The molecule has 3 N–H and O–H groups in total. The van der Waals surface area contributed by atoms with Crippen molar-refractivity contribution in [3.05, 3.63) is 94.6 Å². The van der Waals surface area contributed by atoms with Crippen LogP contribution in [0.1, 0.15) is 46.5 Å². The van der Waals surface area contributed by atoms with Gasteiger partial charge in [0.15, 0.2) is 5.78 Å². The summed E-state index contributed by atoms with van der Waals surface area (Å²) in [6.45, 7) is 3.76. The number of alkyl halides is 3. The Bertz CT molecular complexity index is 1560. The van der Waals surface area contributed by atoms with E-state index in [0.29, 0.717) is 40.1 Å². The van der Waals surface area contributed by atoms with Crippen molar-refractivity contribution in [1.29, 1.82) is 0 Å². The number of para-hydroxylation sites is 1. The van der Waals surface area contributed by atoms with E-state index in [1.807, 2.05) is 6.92 Å². The van der Waals surface area contributed by atoms with Gasteiger partial charge in [-0.05, 0) is 49.7 Å². The Labute approximate surface area is 233 Å². The van der Waals surface area contributed by atoms with Crippen molar-refractivity contribution in [2.75, 3.05) is 17.2 Å². The summed E-state index contributed by atoms with van der Waals surface area (Å²) in [5.41, 5.74) is 1.18. The number of rotatable bonds is 9. The monoisotopic (exact) mass is 567 g/mol. The second kappa shape index (κ2) is 12.2. The molecule has 0 bridgehead atoms. The fourth-order valence-corrected chi connectivity index (χ4v) is 4.17. The quantitative estimate of drug-likeness (QED) is 0.180. The first kappa shape index (κ1) is 28.6. The van der Waals surface area contributed by atoms with Crippen LogP contribution < -0.4 is 16.0 Å². The molecule has 0 aliphatic rings. The van der Waals surface area contributed by atoms with Crippen LogP contribution in [0.2, 0.25) is 5.02 Å². The first-order valence-corrected chi connectivity index (χ1v) is 12.7. The molecule has 4 aromatic rings. The van der Waals surface area contributed by atoms with Crippen molar-refractivity contribution >= 4 is 46.4 Å². The molecule has 0 spiro atoms. The highest BCUT2D eigenvalue weighted by Gasteiger charge is 2.35. The summed E-state index contributed by atoms with van der Waals surface area (Å²) in [7, 11) is 0. The van der Waals surface area contributed by atoms with Gasteiger partial charge in [-0.15, -0.1) is 0 Å². The molecule has 40 heavy (non-hydrogen) atoms. The molecule has 3 aromatic carbocycles. The zero-order valence-corrected chi connectivity index (χ0v) is 22.3. The molecule has 7 nitrogen and oxygen atoms in total. The molecule has 0 saturated carbocycles. The molecule has 0 aliphatic carbocycles. The molecule has 0 fully saturated rings.